The Labute approximate surface area is 167 Å². The molecule has 2 amide bonds. The topological polar surface area (TPSA) is 97.2 Å². The molecule has 0 radical (unpaired) electrons. The molecule has 2 aromatic heterocycles. The van der Waals surface area contributed by atoms with Crippen molar-refractivity contribution < 1.29 is 9.59 Å². The monoisotopic (exact) mass is 391 g/mol. The highest BCUT2D eigenvalue weighted by Gasteiger charge is 2.22. The van der Waals surface area contributed by atoms with Gasteiger partial charge in [0.1, 0.15) is 5.69 Å². The van der Waals surface area contributed by atoms with Gasteiger partial charge in [-0.3, -0.25) is 24.8 Å². The molecule has 1 aliphatic rings. The van der Waals surface area contributed by atoms with E-state index >= 15 is 0 Å². The quantitative estimate of drug-likeness (QED) is 0.738. The molecular formula is C21H21N5O3. The molecule has 1 N–H and O–H groups in total. The van der Waals surface area contributed by atoms with Gasteiger partial charge in [0.2, 0.25) is 0 Å². The van der Waals surface area contributed by atoms with Crippen LogP contribution in [-0.4, -0.2) is 44.4 Å². The Morgan fingerprint density at radius 1 is 0.966 bits per heavy atom. The van der Waals surface area contributed by atoms with Crippen molar-refractivity contribution in [2.24, 2.45) is 0 Å². The number of aromatic nitrogens is 3. The normalized spacial score (nSPS) is 14.4. The van der Waals surface area contributed by atoms with E-state index in [4.69, 9.17) is 0 Å². The van der Waals surface area contributed by atoms with Gasteiger partial charge in [0, 0.05) is 42.5 Å². The number of carbonyl (C=O) groups excluding carboxylic acids is 2. The average Bonchev–Trinajstić information content (AvgIpc) is 3.05. The van der Waals surface area contributed by atoms with Crippen LogP contribution in [0.4, 0.5) is 0 Å². The molecule has 1 aliphatic heterocycles. The van der Waals surface area contributed by atoms with Gasteiger partial charge in [0.05, 0.1) is 11.8 Å². The summed E-state index contributed by atoms with van der Waals surface area (Å²) in [6, 6.07) is 6.95. The number of benzene rings is 1. The van der Waals surface area contributed by atoms with Crippen molar-refractivity contribution in [3.63, 3.8) is 0 Å². The molecule has 0 aliphatic carbocycles. The minimum Gasteiger partial charge on any atom is -0.339 e. The molecule has 1 aromatic carbocycles. The zero-order valence-electron chi connectivity index (χ0n) is 15.9. The smallest absolute Gasteiger partial charge is 0.290 e. The fraction of sp³-hybridized carbons (Fsp3) is 0.286. The predicted octanol–water partition coefficient (Wildman–Crippen LogP) is 2.19. The van der Waals surface area contributed by atoms with Crippen LogP contribution in [0.2, 0.25) is 0 Å². The van der Waals surface area contributed by atoms with Crippen LogP contribution >= 0.6 is 0 Å². The highest BCUT2D eigenvalue weighted by Crippen LogP contribution is 2.19. The summed E-state index contributed by atoms with van der Waals surface area (Å²) in [4.78, 5) is 48.2. The van der Waals surface area contributed by atoms with Crippen molar-refractivity contribution in [3.05, 3.63) is 70.7 Å². The highest BCUT2D eigenvalue weighted by atomic mass is 16.2. The minimum absolute atomic E-state index is 0.0768. The fourth-order valence-corrected chi connectivity index (χ4v) is 3.57. The lowest BCUT2D eigenvalue weighted by atomic mass is 10.1. The third kappa shape index (κ3) is 3.87. The SMILES string of the molecule is O=C(Nn1cc(C(=O)N2CCCCCC2)c2ccccc2c1=O)c1cnccn1. The van der Waals surface area contributed by atoms with Crippen molar-refractivity contribution in [2.45, 2.75) is 25.7 Å². The van der Waals surface area contributed by atoms with Crippen molar-refractivity contribution in [1.29, 1.82) is 0 Å². The number of nitrogens with one attached hydrogen (secondary N) is 1. The number of hydrogen-bond acceptors (Lipinski definition) is 5. The molecule has 0 spiro atoms. The summed E-state index contributed by atoms with van der Waals surface area (Å²) in [5.41, 5.74) is 2.58. The second-order valence-electron chi connectivity index (χ2n) is 7.00. The summed E-state index contributed by atoms with van der Waals surface area (Å²) < 4.78 is 1.06. The number of rotatable bonds is 3. The first kappa shape index (κ1) is 18.8. The van der Waals surface area contributed by atoms with Gasteiger partial charge in [-0.2, -0.15) is 0 Å². The standard InChI is InChI=1S/C21H21N5O3/c27-19(18-13-22-9-10-23-18)24-26-14-17(15-7-3-4-8-16(15)21(26)29)20(28)25-11-5-1-2-6-12-25/h3-4,7-10,13-14H,1-2,5-6,11-12H2,(H,24,27). The second kappa shape index (κ2) is 8.22. The molecule has 1 fully saturated rings. The molecule has 8 nitrogen and oxygen atoms in total. The number of carbonyl (C=O) groups is 2. The van der Waals surface area contributed by atoms with Crippen molar-refractivity contribution in [2.75, 3.05) is 18.5 Å². The Balaban J connectivity index is 1.76. The molecule has 0 unspecified atom stereocenters. The predicted molar refractivity (Wildman–Crippen MR) is 108 cm³/mol. The zero-order chi connectivity index (χ0) is 20.2. The van der Waals surface area contributed by atoms with E-state index in [-0.39, 0.29) is 11.6 Å². The van der Waals surface area contributed by atoms with Gasteiger partial charge in [-0.05, 0) is 18.9 Å². The molecule has 0 saturated carbocycles. The van der Waals surface area contributed by atoms with Crippen LogP contribution in [0.5, 0.6) is 0 Å². The van der Waals surface area contributed by atoms with Crippen LogP contribution in [0, 0.1) is 0 Å². The summed E-state index contributed by atoms with van der Waals surface area (Å²) >= 11 is 0. The third-order valence-electron chi connectivity index (χ3n) is 5.07. The Bertz CT molecular complexity index is 1100. The Morgan fingerprint density at radius 2 is 1.69 bits per heavy atom. The van der Waals surface area contributed by atoms with Crippen LogP contribution in [0.15, 0.2) is 53.8 Å². The van der Waals surface area contributed by atoms with E-state index in [1.165, 1.54) is 24.8 Å². The first-order chi connectivity index (χ1) is 14.1. The van der Waals surface area contributed by atoms with E-state index in [9.17, 15) is 14.4 Å². The zero-order valence-corrected chi connectivity index (χ0v) is 15.9. The average molecular weight is 391 g/mol. The Kier molecular flexibility index (Phi) is 5.33. The van der Waals surface area contributed by atoms with E-state index < -0.39 is 11.5 Å². The molecule has 29 heavy (non-hydrogen) atoms. The van der Waals surface area contributed by atoms with Crippen LogP contribution in [0.1, 0.15) is 46.5 Å². The lowest BCUT2D eigenvalue weighted by Gasteiger charge is -2.22. The van der Waals surface area contributed by atoms with Gasteiger partial charge in [0.15, 0.2) is 0 Å². The van der Waals surface area contributed by atoms with Crippen LogP contribution in [0.25, 0.3) is 10.8 Å². The first-order valence-corrected chi connectivity index (χ1v) is 9.66. The molecule has 0 bridgehead atoms. The largest absolute Gasteiger partial charge is 0.339 e. The first-order valence-electron chi connectivity index (χ1n) is 9.66. The molecule has 1 saturated heterocycles. The maximum Gasteiger partial charge on any atom is 0.290 e. The summed E-state index contributed by atoms with van der Waals surface area (Å²) in [5.74, 6) is -0.714. The van der Waals surface area contributed by atoms with Gasteiger partial charge in [-0.25, -0.2) is 9.66 Å². The van der Waals surface area contributed by atoms with E-state index in [0.717, 1.165) is 30.4 Å². The molecule has 3 aromatic rings. The van der Waals surface area contributed by atoms with E-state index in [0.29, 0.717) is 29.4 Å². The van der Waals surface area contributed by atoms with Gasteiger partial charge >= 0.3 is 0 Å². The molecule has 3 heterocycles. The van der Waals surface area contributed by atoms with E-state index in [1.807, 2.05) is 4.90 Å². The van der Waals surface area contributed by atoms with Crippen molar-refractivity contribution >= 4 is 22.6 Å². The summed E-state index contributed by atoms with van der Waals surface area (Å²) in [7, 11) is 0. The summed E-state index contributed by atoms with van der Waals surface area (Å²) in [6.07, 6.45) is 9.72. The number of nitrogens with zero attached hydrogens (tertiary/aromatic N) is 4. The number of likely N-dealkylation sites (tertiary alicyclic amines) is 1. The van der Waals surface area contributed by atoms with Gasteiger partial charge < -0.3 is 4.90 Å². The summed E-state index contributed by atoms with van der Waals surface area (Å²) in [5, 5.41) is 0.948. The molecular weight excluding hydrogens is 370 g/mol. The summed E-state index contributed by atoms with van der Waals surface area (Å²) in [6.45, 7) is 1.39. The van der Waals surface area contributed by atoms with Crippen LogP contribution in [0.3, 0.4) is 0 Å². The fourth-order valence-electron chi connectivity index (χ4n) is 3.57. The number of pyridine rings is 1. The lowest BCUT2D eigenvalue weighted by Crippen LogP contribution is -2.37. The van der Waals surface area contributed by atoms with Crippen LogP contribution in [-0.2, 0) is 0 Å². The van der Waals surface area contributed by atoms with Gasteiger partial charge in [-0.15, -0.1) is 0 Å². The van der Waals surface area contributed by atoms with Gasteiger partial charge in [-0.1, -0.05) is 31.0 Å². The number of fused-ring (bicyclic) bond motifs is 1. The molecule has 4 rings (SSSR count). The number of amides is 2. The Hall–Kier alpha value is -3.55. The number of hydrogen-bond donors (Lipinski definition) is 1. The molecule has 0 atom stereocenters. The molecule has 148 valence electrons. The van der Waals surface area contributed by atoms with E-state index in [2.05, 4.69) is 15.4 Å². The minimum atomic E-state index is -0.580. The Morgan fingerprint density at radius 3 is 2.38 bits per heavy atom. The maximum absolute atomic E-state index is 13.3. The van der Waals surface area contributed by atoms with Crippen molar-refractivity contribution in [3.8, 4) is 0 Å². The third-order valence-corrected chi connectivity index (χ3v) is 5.07. The van der Waals surface area contributed by atoms with Crippen molar-refractivity contribution in [1.82, 2.24) is 19.5 Å². The second-order valence-corrected chi connectivity index (χ2v) is 7.00. The maximum atomic E-state index is 13.3. The molecule has 8 heteroatoms. The van der Waals surface area contributed by atoms with Crippen LogP contribution < -0.4 is 11.0 Å². The van der Waals surface area contributed by atoms with E-state index in [1.54, 1.807) is 24.3 Å². The lowest BCUT2D eigenvalue weighted by molar-refractivity contribution is 0.0762. The van der Waals surface area contributed by atoms with Gasteiger partial charge in [0.25, 0.3) is 17.4 Å². The highest BCUT2D eigenvalue weighted by molar-refractivity contribution is 6.07.